The third-order valence-electron chi connectivity index (χ3n) is 5.25. The molecule has 5 rings (SSSR count). The van der Waals surface area contributed by atoms with Gasteiger partial charge >= 0.3 is 0 Å². The smallest absolute Gasteiger partial charge is 0.145 e. The summed E-state index contributed by atoms with van der Waals surface area (Å²) in [7, 11) is 0. The van der Waals surface area contributed by atoms with Gasteiger partial charge in [-0.2, -0.15) is 0 Å². The summed E-state index contributed by atoms with van der Waals surface area (Å²) in [4.78, 5) is 13.6. The number of nitrogens with one attached hydrogen (secondary N) is 2. The van der Waals surface area contributed by atoms with Gasteiger partial charge in [-0.25, -0.2) is 9.97 Å². The number of pyridine rings is 1. The first-order valence-electron chi connectivity index (χ1n) is 8.80. The van der Waals surface area contributed by atoms with Crippen LogP contribution in [0.4, 0.5) is 11.5 Å². The highest BCUT2D eigenvalue weighted by molar-refractivity contribution is 5.62. The van der Waals surface area contributed by atoms with E-state index in [1.807, 2.05) is 28.9 Å². The number of hydrogen-bond donors (Lipinski definition) is 3. The van der Waals surface area contributed by atoms with Gasteiger partial charge in [-0.05, 0) is 36.8 Å². The Bertz CT molecular complexity index is 915. The maximum atomic E-state index is 5.91. The molecule has 0 radical (unpaired) electrons. The lowest BCUT2D eigenvalue weighted by atomic mass is 9.98. The van der Waals surface area contributed by atoms with E-state index in [1.54, 1.807) is 12.4 Å². The molecule has 2 atom stereocenters. The molecule has 2 aliphatic rings. The van der Waals surface area contributed by atoms with Gasteiger partial charge in [0, 0.05) is 31.0 Å². The first-order valence-corrected chi connectivity index (χ1v) is 8.80. The number of fused-ring (bicyclic) bond motifs is 1. The number of rotatable bonds is 4. The highest BCUT2D eigenvalue weighted by Crippen LogP contribution is 2.40. The molecule has 1 aliphatic heterocycles. The van der Waals surface area contributed by atoms with Crippen LogP contribution in [0.15, 0.2) is 36.9 Å². The Balaban J connectivity index is 1.45. The van der Waals surface area contributed by atoms with Gasteiger partial charge in [0.25, 0.3) is 0 Å². The summed E-state index contributed by atoms with van der Waals surface area (Å²) in [5, 5.41) is 7.08. The summed E-state index contributed by atoms with van der Waals surface area (Å²) in [6, 6.07) is 4.18. The van der Waals surface area contributed by atoms with Crippen molar-refractivity contribution in [2.24, 2.45) is 11.8 Å². The molecule has 0 unspecified atom stereocenters. The van der Waals surface area contributed by atoms with Gasteiger partial charge < -0.3 is 16.4 Å². The van der Waals surface area contributed by atoms with Gasteiger partial charge in [0.1, 0.15) is 17.2 Å². The Morgan fingerprint density at radius 3 is 2.96 bits per heavy atom. The van der Waals surface area contributed by atoms with E-state index in [4.69, 9.17) is 10.7 Å². The van der Waals surface area contributed by atoms with Gasteiger partial charge in [-0.3, -0.25) is 9.38 Å². The van der Waals surface area contributed by atoms with E-state index in [0.717, 1.165) is 41.9 Å². The molecule has 4 heterocycles. The van der Waals surface area contributed by atoms with Crippen LogP contribution >= 0.6 is 0 Å². The lowest BCUT2D eigenvalue weighted by molar-refractivity contribution is 0.473. The van der Waals surface area contributed by atoms with Crippen molar-refractivity contribution in [1.29, 1.82) is 0 Å². The Kier molecular flexibility index (Phi) is 3.34. The van der Waals surface area contributed by atoms with Crippen molar-refractivity contribution in [3.05, 3.63) is 36.9 Å². The Morgan fingerprint density at radius 2 is 2.08 bits per heavy atom. The molecule has 2 fully saturated rings. The van der Waals surface area contributed by atoms with Crippen molar-refractivity contribution in [3.8, 4) is 11.4 Å². The number of aromatic nitrogens is 4. The molecule has 1 saturated heterocycles. The maximum Gasteiger partial charge on any atom is 0.145 e. The van der Waals surface area contributed by atoms with E-state index >= 15 is 0 Å². The fourth-order valence-electron chi connectivity index (χ4n) is 3.81. The minimum atomic E-state index is 0.426. The standard InChI is InChI=1S/C18H21N7/c19-12-3-4-18-22-8-16(25(18)10-12)15-7-21-9-17(24-15)23-14-6-20-5-13(14)11-1-2-11/h3-4,7-11,13-14,20H,1-2,5-6,19H2,(H,23,24)/t13-,14-/m0/s1. The van der Waals surface area contributed by atoms with Crippen molar-refractivity contribution in [1.82, 2.24) is 24.7 Å². The van der Waals surface area contributed by atoms with Crippen molar-refractivity contribution >= 4 is 17.2 Å². The van der Waals surface area contributed by atoms with Crippen LogP contribution in [0.25, 0.3) is 17.0 Å². The van der Waals surface area contributed by atoms with Gasteiger partial charge in [-0.1, -0.05) is 0 Å². The minimum absolute atomic E-state index is 0.426. The topological polar surface area (TPSA) is 93.2 Å². The molecule has 128 valence electrons. The first kappa shape index (κ1) is 14.7. The summed E-state index contributed by atoms with van der Waals surface area (Å²) < 4.78 is 1.95. The van der Waals surface area contributed by atoms with E-state index in [0.29, 0.717) is 17.6 Å². The average molecular weight is 335 g/mol. The number of anilines is 2. The summed E-state index contributed by atoms with van der Waals surface area (Å²) in [6.45, 7) is 2.08. The molecule has 4 N–H and O–H groups in total. The van der Waals surface area contributed by atoms with E-state index in [1.165, 1.54) is 12.8 Å². The number of hydrogen-bond acceptors (Lipinski definition) is 6. The van der Waals surface area contributed by atoms with Crippen molar-refractivity contribution in [3.63, 3.8) is 0 Å². The maximum absolute atomic E-state index is 5.91. The second kappa shape index (κ2) is 5.70. The normalized spacial score (nSPS) is 23.2. The lowest BCUT2D eigenvalue weighted by Crippen LogP contribution is -2.30. The van der Waals surface area contributed by atoms with E-state index in [9.17, 15) is 0 Å². The summed E-state index contributed by atoms with van der Waals surface area (Å²) in [5.41, 5.74) is 9.13. The fourth-order valence-corrected chi connectivity index (χ4v) is 3.81. The zero-order valence-electron chi connectivity index (χ0n) is 13.9. The Hall–Kier alpha value is -2.67. The molecular weight excluding hydrogens is 314 g/mol. The molecule has 3 aromatic rings. The van der Waals surface area contributed by atoms with Gasteiger partial charge in [0.15, 0.2) is 0 Å². The highest BCUT2D eigenvalue weighted by atomic mass is 15.1. The van der Waals surface area contributed by atoms with Crippen LogP contribution in [-0.2, 0) is 0 Å². The van der Waals surface area contributed by atoms with Crippen molar-refractivity contribution < 1.29 is 0 Å². The fraction of sp³-hybridized carbons (Fsp3) is 0.389. The van der Waals surface area contributed by atoms with Gasteiger partial charge in [-0.15, -0.1) is 0 Å². The summed E-state index contributed by atoms with van der Waals surface area (Å²) in [5.74, 6) is 2.38. The van der Waals surface area contributed by atoms with Crippen molar-refractivity contribution in [2.45, 2.75) is 18.9 Å². The molecule has 0 bridgehead atoms. The van der Waals surface area contributed by atoms with E-state index in [-0.39, 0.29) is 0 Å². The average Bonchev–Trinajstić information content (AvgIpc) is 3.21. The number of nitrogen functional groups attached to an aromatic ring is 1. The van der Waals surface area contributed by atoms with Gasteiger partial charge in [0.05, 0.1) is 24.3 Å². The highest BCUT2D eigenvalue weighted by Gasteiger charge is 2.39. The molecule has 25 heavy (non-hydrogen) atoms. The lowest BCUT2D eigenvalue weighted by Gasteiger charge is -2.20. The van der Waals surface area contributed by atoms with Crippen LogP contribution in [-0.4, -0.2) is 38.5 Å². The predicted molar refractivity (Wildman–Crippen MR) is 97.1 cm³/mol. The van der Waals surface area contributed by atoms with Crippen LogP contribution in [0.2, 0.25) is 0 Å². The zero-order chi connectivity index (χ0) is 16.8. The molecule has 7 nitrogen and oxygen atoms in total. The Labute approximate surface area is 145 Å². The third-order valence-corrected chi connectivity index (χ3v) is 5.25. The van der Waals surface area contributed by atoms with E-state index in [2.05, 4.69) is 20.6 Å². The molecule has 1 aliphatic carbocycles. The molecule has 0 aromatic carbocycles. The largest absolute Gasteiger partial charge is 0.398 e. The third kappa shape index (κ3) is 2.70. The second-order valence-corrected chi connectivity index (χ2v) is 7.03. The SMILES string of the molecule is Nc1ccc2ncc(-c3cncc(N[C@H]4CNC[C@H]4C4CC4)n3)n2c1. The minimum Gasteiger partial charge on any atom is -0.398 e. The van der Waals surface area contributed by atoms with Crippen LogP contribution in [0.1, 0.15) is 12.8 Å². The number of nitrogens with two attached hydrogens (primary N) is 1. The first-order chi connectivity index (χ1) is 12.3. The number of imidazole rings is 1. The molecule has 7 heteroatoms. The van der Waals surface area contributed by atoms with E-state index < -0.39 is 0 Å². The van der Waals surface area contributed by atoms with Crippen LogP contribution in [0, 0.1) is 11.8 Å². The van der Waals surface area contributed by atoms with Crippen molar-refractivity contribution in [2.75, 3.05) is 24.1 Å². The molecule has 0 amide bonds. The second-order valence-electron chi connectivity index (χ2n) is 7.03. The van der Waals surface area contributed by atoms with Crippen LogP contribution in [0.5, 0.6) is 0 Å². The monoisotopic (exact) mass is 335 g/mol. The predicted octanol–water partition coefficient (Wildman–Crippen LogP) is 1.78. The quantitative estimate of drug-likeness (QED) is 0.673. The number of nitrogens with zero attached hydrogens (tertiary/aromatic N) is 4. The molecule has 1 saturated carbocycles. The molecule has 0 spiro atoms. The zero-order valence-corrected chi connectivity index (χ0v) is 13.9. The summed E-state index contributed by atoms with van der Waals surface area (Å²) >= 11 is 0. The van der Waals surface area contributed by atoms with Gasteiger partial charge in [0.2, 0.25) is 0 Å². The van der Waals surface area contributed by atoms with Crippen LogP contribution < -0.4 is 16.4 Å². The Morgan fingerprint density at radius 1 is 1.16 bits per heavy atom. The molecular formula is C18H21N7. The van der Waals surface area contributed by atoms with Crippen LogP contribution in [0.3, 0.4) is 0 Å². The summed E-state index contributed by atoms with van der Waals surface area (Å²) in [6.07, 6.45) is 9.96. The molecule has 3 aromatic heterocycles.